The van der Waals surface area contributed by atoms with Crippen LogP contribution in [0.1, 0.15) is 10.4 Å². The van der Waals surface area contributed by atoms with Crippen LogP contribution in [0.25, 0.3) is 0 Å². The van der Waals surface area contributed by atoms with Crippen molar-refractivity contribution in [2.75, 3.05) is 18.5 Å². The molecule has 0 saturated heterocycles. The van der Waals surface area contributed by atoms with Crippen LogP contribution in [0.5, 0.6) is 0 Å². The summed E-state index contributed by atoms with van der Waals surface area (Å²) in [6.45, 7) is 1.61. The monoisotopic (exact) mass is 167 g/mol. The molecule has 64 valence electrons. The standard InChI is InChI=1S/C7H9N3O2/c1-9-2-3-10-6(9)5(4-8-10)7(11)12/h4H,2-3H2,1H3,(H,11,12). The minimum Gasteiger partial charge on any atom is -0.477 e. The van der Waals surface area contributed by atoms with E-state index in [4.69, 9.17) is 5.11 Å². The maximum absolute atomic E-state index is 10.7. The summed E-state index contributed by atoms with van der Waals surface area (Å²) in [4.78, 5) is 12.6. The van der Waals surface area contributed by atoms with Crippen molar-refractivity contribution >= 4 is 11.8 Å². The van der Waals surface area contributed by atoms with Gasteiger partial charge in [0.2, 0.25) is 0 Å². The van der Waals surface area contributed by atoms with Crippen molar-refractivity contribution in [3.8, 4) is 0 Å². The number of aromatic nitrogens is 2. The third kappa shape index (κ3) is 0.792. The second-order valence-electron chi connectivity index (χ2n) is 2.83. The Hall–Kier alpha value is -1.52. The van der Waals surface area contributed by atoms with Crippen LogP contribution >= 0.6 is 0 Å². The van der Waals surface area contributed by atoms with Crippen molar-refractivity contribution in [2.24, 2.45) is 0 Å². The molecule has 1 N–H and O–H groups in total. The predicted molar refractivity (Wildman–Crippen MR) is 42.5 cm³/mol. The van der Waals surface area contributed by atoms with Gasteiger partial charge in [0.05, 0.1) is 12.7 Å². The highest BCUT2D eigenvalue weighted by atomic mass is 16.4. The molecule has 12 heavy (non-hydrogen) atoms. The number of nitrogens with zero attached hydrogens (tertiary/aromatic N) is 3. The Morgan fingerprint density at radius 2 is 2.42 bits per heavy atom. The second-order valence-corrected chi connectivity index (χ2v) is 2.83. The number of aromatic carboxylic acids is 1. The third-order valence-corrected chi connectivity index (χ3v) is 2.05. The van der Waals surface area contributed by atoms with E-state index >= 15 is 0 Å². The van der Waals surface area contributed by atoms with E-state index in [0.29, 0.717) is 5.82 Å². The number of rotatable bonds is 1. The lowest BCUT2D eigenvalue weighted by atomic mass is 10.3. The molecule has 0 radical (unpaired) electrons. The van der Waals surface area contributed by atoms with Crippen LogP contribution < -0.4 is 4.90 Å². The van der Waals surface area contributed by atoms with Gasteiger partial charge in [-0.25, -0.2) is 9.48 Å². The van der Waals surface area contributed by atoms with E-state index in [1.54, 1.807) is 4.68 Å². The molecule has 0 amide bonds. The van der Waals surface area contributed by atoms with Gasteiger partial charge in [-0.05, 0) is 0 Å². The summed E-state index contributed by atoms with van der Waals surface area (Å²) < 4.78 is 1.71. The molecule has 5 heteroatoms. The zero-order chi connectivity index (χ0) is 8.72. The van der Waals surface area contributed by atoms with E-state index in [1.807, 2.05) is 11.9 Å². The highest BCUT2D eigenvalue weighted by Gasteiger charge is 2.24. The fourth-order valence-electron chi connectivity index (χ4n) is 1.45. The SMILES string of the molecule is CN1CCn2ncc(C(=O)O)c21. The summed E-state index contributed by atoms with van der Waals surface area (Å²) in [6, 6.07) is 0. The first kappa shape index (κ1) is 7.15. The van der Waals surface area contributed by atoms with Gasteiger partial charge in [0.25, 0.3) is 0 Å². The van der Waals surface area contributed by atoms with Crippen molar-refractivity contribution in [3.63, 3.8) is 0 Å². The summed E-state index contributed by atoms with van der Waals surface area (Å²) in [5.74, 6) is -0.201. The van der Waals surface area contributed by atoms with Crippen molar-refractivity contribution in [2.45, 2.75) is 6.54 Å². The summed E-state index contributed by atoms with van der Waals surface area (Å²) in [5.41, 5.74) is 0.287. The normalized spacial score (nSPS) is 14.9. The Bertz CT molecular complexity index is 331. The summed E-state index contributed by atoms with van der Waals surface area (Å²) in [6.07, 6.45) is 1.40. The fourth-order valence-corrected chi connectivity index (χ4v) is 1.45. The van der Waals surface area contributed by atoms with Crippen molar-refractivity contribution in [1.82, 2.24) is 9.78 Å². The molecule has 0 unspecified atom stereocenters. The molecule has 0 aliphatic carbocycles. The largest absolute Gasteiger partial charge is 0.477 e. The van der Waals surface area contributed by atoms with Crippen molar-refractivity contribution in [3.05, 3.63) is 11.8 Å². The van der Waals surface area contributed by atoms with Gasteiger partial charge in [-0.15, -0.1) is 0 Å². The highest BCUT2D eigenvalue weighted by Crippen LogP contribution is 2.23. The number of carbonyl (C=O) groups is 1. The lowest BCUT2D eigenvalue weighted by Crippen LogP contribution is -2.15. The van der Waals surface area contributed by atoms with Crippen LogP contribution in [0, 0.1) is 0 Å². The molecule has 5 nitrogen and oxygen atoms in total. The Labute approximate surface area is 69.2 Å². The number of likely N-dealkylation sites (N-methyl/N-ethyl adjacent to an activating group) is 1. The van der Waals surface area contributed by atoms with Gasteiger partial charge in [0, 0.05) is 13.6 Å². The lowest BCUT2D eigenvalue weighted by molar-refractivity contribution is 0.0697. The number of fused-ring (bicyclic) bond motifs is 1. The van der Waals surface area contributed by atoms with E-state index in [1.165, 1.54) is 6.20 Å². The average molecular weight is 167 g/mol. The Morgan fingerprint density at radius 1 is 1.67 bits per heavy atom. The molecule has 1 aliphatic heterocycles. The van der Waals surface area contributed by atoms with Crippen LogP contribution in [0.4, 0.5) is 5.82 Å². The minimum absolute atomic E-state index is 0.287. The van der Waals surface area contributed by atoms with E-state index in [2.05, 4.69) is 5.10 Å². The van der Waals surface area contributed by atoms with E-state index in [0.717, 1.165) is 13.1 Å². The summed E-state index contributed by atoms with van der Waals surface area (Å²) in [7, 11) is 1.87. The quantitative estimate of drug-likeness (QED) is 0.641. The van der Waals surface area contributed by atoms with Gasteiger partial charge in [-0.1, -0.05) is 0 Å². The van der Waals surface area contributed by atoms with E-state index < -0.39 is 5.97 Å². The minimum atomic E-state index is -0.912. The number of hydrogen-bond acceptors (Lipinski definition) is 3. The van der Waals surface area contributed by atoms with Crippen LogP contribution in [0.2, 0.25) is 0 Å². The van der Waals surface area contributed by atoms with Gasteiger partial charge in [-0.3, -0.25) is 0 Å². The first-order valence-corrected chi connectivity index (χ1v) is 3.70. The second kappa shape index (κ2) is 2.23. The number of anilines is 1. The molecule has 2 heterocycles. The van der Waals surface area contributed by atoms with Crippen LogP contribution in [-0.2, 0) is 6.54 Å². The summed E-state index contributed by atoms with van der Waals surface area (Å²) >= 11 is 0. The van der Waals surface area contributed by atoms with Gasteiger partial charge in [0.1, 0.15) is 11.4 Å². The predicted octanol–water partition coefficient (Wildman–Crippen LogP) is 0.0311. The Balaban J connectivity index is 2.53. The topological polar surface area (TPSA) is 58.4 Å². The van der Waals surface area contributed by atoms with Crippen LogP contribution in [-0.4, -0.2) is 34.4 Å². The van der Waals surface area contributed by atoms with E-state index in [-0.39, 0.29) is 5.56 Å². The zero-order valence-electron chi connectivity index (χ0n) is 6.69. The molecular weight excluding hydrogens is 158 g/mol. The molecule has 1 aromatic rings. The molecule has 0 aromatic carbocycles. The lowest BCUT2D eigenvalue weighted by Gasteiger charge is -2.08. The van der Waals surface area contributed by atoms with Gasteiger partial charge >= 0.3 is 5.97 Å². The van der Waals surface area contributed by atoms with Crippen LogP contribution in [0.3, 0.4) is 0 Å². The molecular formula is C7H9N3O2. The smallest absolute Gasteiger partial charge is 0.341 e. The van der Waals surface area contributed by atoms with Gasteiger partial charge in [-0.2, -0.15) is 5.10 Å². The average Bonchev–Trinajstić information content (AvgIpc) is 2.53. The molecule has 1 aromatic heterocycles. The number of carboxylic acids is 1. The van der Waals surface area contributed by atoms with E-state index in [9.17, 15) is 4.79 Å². The molecule has 0 atom stereocenters. The Kier molecular flexibility index (Phi) is 1.33. The first-order chi connectivity index (χ1) is 5.70. The maximum atomic E-state index is 10.7. The Morgan fingerprint density at radius 3 is 3.08 bits per heavy atom. The van der Waals surface area contributed by atoms with Crippen molar-refractivity contribution in [1.29, 1.82) is 0 Å². The number of carboxylic acid groups (broad SMARTS) is 1. The molecule has 1 aliphatic rings. The summed E-state index contributed by atoms with van der Waals surface area (Å²) in [5, 5.41) is 12.7. The first-order valence-electron chi connectivity index (χ1n) is 3.70. The zero-order valence-corrected chi connectivity index (χ0v) is 6.69. The maximum Gasteiger partial charge on any atom is 0.341 e. The molecule has 0 saturated carbocycles. The molecule has 0 fully saturated rings. The molecule has 0 bridgehead atoms. The van der Waals surface area contributed by atoms with Gasteiger partial charge in [0.15, 0.2) is 0 Å². The molecule has 0 spiro atoms. The number of hydrogen-bond donors (Lipinski definition) is 1. The fraction of sp³-hybridized carbons (Fsp3) is 0.429. The third-order valence-electron chi connectivity index (χ3n) is 2.05. The van der Waals surface area contributed by atoms with Gasteiger partial charge < -0.3 is 10.0 Å². The van der Waals surface area contributed by atoms with Crippen LogP contribution in [0.15, 0.2) is 6.20 Å². The van der Waals surface area contributed by atoms with Crippen molar-refractivity contribution < 1.29 is 9.90 Å². The molecule has 2 rings (SSSR count). The highest BCUT2D eigenvalue weighted by molar-refractivity contribution is 5.93.